The van der Waals surface area contributed by atoms with Crippen molar-refractivity contribution in [1.29, 1.82) is 0 Å². The van der Waals surface area contributed by atoms with Crippen LogP contribution in [0.5, 0.6) is 0 Å². The molecule has 19 heavy (non-hydrogen) atoms. The monoisotopic (exact) mass is 385 g/mol. The lowest BCUT2D eigenvalue weighted by Crippen LogP contribution is -2.51. The average molecular weight is 387 g/mol. The average Bonchev–Trinajstić information content (AvgIpc) is 2.47. The smallest absolute Gasteiger partial charge is 0.230 e. The predicted octanol–water partition coefficient (Wildman–Crippen LogP) is 2.54. The van der Waals surface area contributed by atoms with Crippen molar-refractivity contribution >= 4 is 43.6 Å². The highest BCUT2D eigenvalue weighted by Crippen LogP contribution is 2.57. The standard InChI is InChI=1S/C14H13Br2NO2/c15-10-6-8-4-2-1-3-7-5-9(18)12(13(17)19)14(10,16)11(7)8/h1,3,5,10,12H,2,4,6H2,(H2,17,19). The van der Waals surface area contributed by atoms with Gasteiger partial charge in [0.25, 0.3) is 0 Å². The van der Waals surface area contributed by atoms with Gasteiger partial charge in [-0.1, -0.05) is 49.6 Å². The summed E-state index contributed by atoms with van der Waals surface area (Å²) in [5, 5.41) is 0. The molecular formula is C14H13Br2NO2. The van der Waals surface area contributed by atoms with E-state index in [1.165, 1.54) is 5.57 Å². The Balaban J connectivity index is 2.27. The van der Waals surface area contributed by atoms with Crippen LogP contribution < -0.4 is 5.73 Å². The fourth-order valence-electron chi connectivity index (χ4n) is 3.33. The lowest BCUT2D eigenvalue weighted by molar-refractivity contribution is -0.130. The molecule has 3 aliphatic rings. The molecule has 3 aliphatic carbocycles. The summed E-state index contributed by atoms with van der Waals surface area (Å²) in [5.74, 6) is -1.61. The Bertz CT molecular complexity index is 576. The third-order valence-corrected chi connectivity index (χ3v) is 7.17. The number of carbonyl (C=O) groups is 2. The number of halogens is 2. The first-order chi connectivity index (χ1) is 8.96. The minimum atomic E-state index is -0.834. The van der Waals surface area contributed by atoms with E-state index in [2.05, 4.69) is 37.9 Å². The molecule has 3 rings (SSSR count). The van der Waals surface area contributed by atoms with Crippen LogP contribution in [0.15, 0.2) is 34.9 Å². The highest BCUT2D eigenvalue weighted by Gasteiger charge is 2.57. The van der Waals surface area contributed by atoms with Crippen LogP contribution in [-0.4, -0.2) is 20.8 Å². The fraction of sp³-hybridized carbons (Fsp3) is 0.429. The van der Waals surface area contributed by atoms with E-state index in [4.69, 9.17) is 5.73 Å². The molecule has 0 aromatic carbocycles. The molecule has 0 aromatic rings. The van der Waals surface area contributed by atoms with Gasteiger partial charge in [-0.2, -0.15) is 0 Å². The van der Waals surface area contributed by atoms with Gasteiger partial charge in [0.2, 0.25) is 5.91 Å². The van der Waals surface area contributed by atoms with Gasteiger partial charge < -0.3 is 5.73 Å². The van der Waals surface area contributed by atoms with Crippen LogP contribution in [0.3, 0.4) is 0 Å². The topological polar surface area (TPSA) is 60.2 Å². The molecule has 5 heteroatoms. The van der Waals surface area contributed by atoms with Gasteiger partial charge in [0, 0.05) is 4.83 Å². The molecule has 0 saturated carbocycles. The SMILES string of the molecule is NC(=O)C1C(=O)C=C2C=CCCC3=C2C1(Br)C(Br)C3. The first-order valence-electron chi connectivity index (χ1n) is 6.23. The number of hydrogen-bond donors (Lipinski definition) is 1. The molecule has 0 saturated heterocycles. The summed E-state index contributed by atoms with van der Waals surface area (Å²) in [7, 11) is 0. The molecule has 0 aromatic heterocycles. The summed E-state index contributed by atoms with van der Waals surface area (Å²) in [4.78, 5) is 24.0. The van der Waals surface area contributed by atoms with Gasteiger partial charge in [-0.15, -0.1) is 0 Å². The van der Waals surface area contributed by atoms with Crippen LogP contribution in [-0.2, 0) is 9.59 Å². The minimum absolute atomic E-state index is 0.0154. The van der Waals surface area contributed by atoms with Crippen molar-refractivity contribution in [3.63, 3.8) is 0 Å². The summed E-state index contributed by atoms with van der Waals surface area (Å²) in [5.41, 5.74) is 8.80. The fourth-order valence-corrected chi connectivity index (χ4v) is 5.34. The quantitative estimate of drug-likeness (QED) is 0.556. The second-order valence-corrected chi connectivity index (χ2v) is 7.61. The predicted molar refractivity (Wildman–Crippen MR) is 80.2 cm³/mol. The Hall–Kier alpha value is -0.680. The van der Waals surface area contributed by atoms with E-state index in [0.717, 1.165) is 30.4 Å². The maximum Gasteiger partial charge on any atom is 0.230 e. The number of primary amides is 1. The van der Waals surface area contributed by atoms with Crippen LogP contribution in [0, 0.1) is 5.92 Å². The Morgan fingerprint density at radius 2 is 2.21 bits per heavy atom. The van der Waals surface area contributed by atoms with Crippen LogP contribution in [0.25, 0.3) is 0 Å². The molecule has 3 atom stereocenters. The van der Waals surface area contributed by atoms with Crippen molar-refractivity contribution < 1.29 is 9.59 Å². The Morgan fingerprint density at radius 3 is 2.89 bits per heavy atom. The normalized spacial score (nSPS) is 36.9. The van der Waals surface area contributed by atoms with Crippen molar-refractivity contribution in [2.75, 3.05) is 0 Å². The molecule has 0 bridgehead atoms. The van der Waals surface area contributed by atoms with E-state index >= 15 is 0 Å². The van der Waals surface area contributed by atoms with Crippen molar-refractivity contribution in [2.24, 2.45) is 11.7 Å². The van der Waals surface area contributed by atoms with E-state index in [1.807, 2.05) is 6.08 Å². The van der Waals surface area contributed by atoms with E-state index in [9.17, 15) is 9.59 Å². The molecule has 0 fully saturated rings. The summed E-state index contributed by atoms with van der Waals surface area (Å²) in [6.45, 7) is 0. The maximum absolute atomic E-state index is 12.3. The van der Waals surface area contributed by atoms with Crippen LogP contribution in [0.4, 0.5) is 0 Å². The minimum Gasteiger partial charge on any atom is -0.369 e. The van der Waals surface area contributed by atoms with Gasteiger partial charge in [-0.25, -0.2) is 0 Å². The number of allylic oxidation sites excluding steroid dienone is 6. The van der Waals surface area contributed by atoms with Crippen LogP contribution >= 0.6 is 31.9 Å². The highest BCUT2D eigenvalue weighted by molar-refractivity contribution is 9.12. The number of nitrogens with two attached hydrogens (primary N) is 1. The zero-order valence-electron chi connectivity index (χ0n) is 10.2. The number of rotatable bonds is 1. The number of carbonyl (C=O) groups excluding carboxylic acids is 2. The Kier molecular flexibility index (Phi) is 3.09. The first kappa shape index (κ1) is 13.3. The molecule has 1 amide bonds. The summed E-state index contributed by atoms with van der Waals surface area (Å²) in [6, 6.07) is 0. The molecule has 3 unspecified atom stereocenters. The molecule has 0 aliphatic heterocycles. The lowest BCUT2D eigenvalue weighted by atomic mass is 9.75. The lowest BCUT2D eigenvalue weighted by Gasteiger charge is -2.38. The zero-order valence-corrected chi connectivity index (χ0v) is 13.3. The second-order valence-electron chi connectivity index (χ2n) is 5.20. The first-order valence-corrected chi connectivity index (χ1v) is 7.94. The zero-order chi connectivity index (χ0) is 13.8. The van der Waals surface area contributed by atoms with Gasteiger partial charge in [0.15, 0.2) is 5.78 Å². The largest absolute Gasteiger partial charge is 0.369 e. The maximum atomic E-state index is 12.3. The molecule has 0 spiro atoms. The summed E-state index contributed by atoms with van der Waals surface area (Å²) in [6.07, 6.45) is 8.41. The van der Waals surface area contributed by atoms with Crippen LogP contribution in [0.2, 0.25) is 0 Å². The van der Waals surface area contributed by atoms with Gasteiger partial charge in [0.1, 0.15) is 5.92 Å². The molecule has 100 valence electrons. The van der Waals surface area contributed by atoms with Crippen LogP contribution in [0.1, 0.15) is 19.3 Å². The molecule has 2 N–H and O–H groups in total. The second kappa shape index (κ2) is 4.42. The van der Waals surface area contributed by atoms with Gasteiger partial charge >= 0.3 is 0 Å². The number of amides is 1. The number of alkyl halides is 2. The summed E-state index contributed by atoms with van der Waals surface area (Å²) < 4.78 is -0.690. The number of ketones is 1. The Morgan fingerprint density at radius 1 is 1.47 bits per heavy atom. The van der Waals surface area contributed by atoms with Crippen molar-refractivity contribution in [2.45, 2.75) is 28.4 Å². The third-order valence-electron chi connectivity index (χ3n) is 4.10. The third kappa shape index (κ3) is 1.74. The van der Waals surface area contributed by atoms with E-state index in [1.54, 1.807) is 6.08 Å². The van der Waals surface area contributed by atoms with Crippen molar-refractivity contribution in [1.82, 2.24) is 0 Å². The molecule has 3 nitrogen and oxygen atoms in total. The van der Waals surface area contributed by atoms with Gasteiger partial charge in [-0.3, -0.25) is 9.59 Å². The van der Waals surface area contributed by atoms with Gasteiger partial charge in [0.05, 0.1) is 4.32 Å². The molecule has 0 radical (unpaired) electrons. The van der Waals surface area contributed by atoms with Gasteiger partial charge in [-0.05, 0) is 36.5 Å². The number of hydrogen-bond acceptors (Lipinski definition) is 2. The molecular weight excluding hydrogens is 374 g/mol. The Labute approximate surface area is 128 Å². The highest BCUT2D eigenvalue weighted by atomic mass is 79.9. The molecule has 0 heterocycles. The van der Waals surface area contributed by atoms with Crippen molar-refractivity contribution in [3.05, 3.63) is 34.9 Å². The van der Waals surface area contributed by atoms with E-state index in [-0.39, 0.29) is 10.6 Å². The van der Waals surface area contributed by atoms with Crippen molar-refractivity contribution in [3.8, 4) is 0 Å². The van der Waals surface area contributed by atoms with E-state index in [0.29, 0.717) is 0 Å². The van der Waals surface area contributed by atoms with E-state index < -0.39 is 16.1 Å². The summed E-state index contributed by atoms with van der Waals surface area (Å²) >= 11 is 7.32.